The average Bonchev–Trinajstić information content (AvgIpc) is 3.54. The summed E-state index contributed by atoms with van der Waals surface area (Å²) < 4.78 is 4.57. The summed E-state index contributed by atoms with van der Waals surface area (Å²) in [5.74, 6) is 0. The molecule has 40 heavy (non-hydrogen) atoms. The molecule has 0 amide bonds. The van der Waals surface area contributed by atoms with Gasteiger partial charge in [-0.15, -0.1) is 0 Å². The number of rotatable bonds is 3. The number of nitriles is 1. The highest BCUT2D eigenvalue weighted by Crippen LogP contribution is 2.38. The van der Waals surface area contributed by atoms with Crippen molar-refractivity contribution in [1.82, 2.24) is 14.1 Å². The predicted octanol–water partition coefficient (Wildman–Crippen LogP) is 8.81. The molecule has 0 atom stereocenters. The molecule has 0 N–H and O–H groups in total. The van der Waals surface area contributed by atoms with Crippen molar-refractivity contribution in [3.8, 4) is 28.6 Å². The van der Waals surface area contributed by atoms with Crippen molar-refractivity contribution in [2.45, 2.75) is 0 Å². The first kappa shape index (κ1) is 22.3. The normalized spacial score (nSPS) is 11.5. The van der Waals surface area contributed by atoms with E-state index < -0.39 is 0 Å². The van der Waals surface area contributed by atoms with Crippen LogP contribution in [0.25, 0.3) is 66.1 Å². The number of benzene rings is 5. The van der Waals surface area contributed by atoms with Crippen molar-refractivity contribution in [3.63, 3.8) is 0 Å². The van der Waals surface area contributed by atoms with Gasteiger partial charge in [0.2, 0.25) is 0 Å². The number of hydrogen-bond acceptors (Lipinski definition) is 2. The second kappa shape index (κ2) is 8.69. The van der Waals surface area contributed by atoms with Gasteiger partial charge in [-0.25, -0.2) is 0 Å². The molecule has 4 heteroatoms. The molecule has 3 aromatic heterocycles. The lowest BCUT2D eigenvalue weighted by molar-refractivity contribution is 1.14. The number of para-hydroxylation sites is 4. The molecule has 0 aliphatic carbocycles. The van der Waals surface area contributed by atoms with Crippen LogP contribution < -0.4 is 0 Å². The van der Waals surface area contributed by atoms with E-state index in [0.29, 0.717) is 5.56 Å². The fraction of sp³-hybridized carbons (Fsp3) is 0. The van der Waals surface area contributed by atoms with Gasteiger partial charge in [0.05, 0.1) is 51.3 Å². The molecule has 5 aromatic carbocycles. The molecule has 0 saturated carbocycles. The Kier molecular flexibility index (Phi) is 4.85. The first-order valence-corrected chi connectivity index (χ1v) is 13.3. The van der Waals surface area contributed by atoms with Crippen LogP contribution in [0.15, 0.2) is 134 Å². The van der Waals surface area contributed by atoms with Crippen LogP contribution in [0.2, 0.25) is 0 Å². The first-order valence-electron chi connectivity index (χ1n) is 13.3. The topological polar surface area (TPSA) is 46.5 Å². The van der Waals surface area contributed by atoms with Crippen molar-refractivity contribution in [2.24, 2.45) is 0 Å². The van der Waals surface area contributed by atoms with E-state index in [1.165, 1.54) is 21.5 Å². The molecule has 0 radical (unpaired) electrons. The lowest BCUT2D eigenvalue weighted by Gasteiger charge is -2.15. The van der Waals surface area contributed by atoms with Crippen molar-refractivity contribution < 1.29 is 0 Å². The molecular weight excluding hydrogens is 488 g/mol. The largest absolute Gasteiger partial charge is 0.309 e. The van der Waals surface area contributed by atoms with Gasteiger partial charge in [0.1, 0.15) is 0 Å². The lowest BCUT2D eigenvalue weighted by atomic mass is 10.0. The summed E-state index contributed by atoms with van der Waals surface area (Å²) in [7, 11) is 0. The van der Waals surface area contributed by atoms with Crippen LogP contribution in [0.3, 0.4) is 0 Å². The fourth-order valence-electron chi connectivity index (χ4n) is 6.11. The summed E-state index contributed by atoms with van der Waals surface area (Å²) >= 11 is 0. The van der Waals surface area contributed by atoms with Crippen LogP contribution in [-0.4, -0.2) is 14.1 Å². The highest BCUT2D eigenvalue weighted by Gasteiger charge is 2.17. The zero-order valence-electron chi connectivity index (χ0n) is 21.5. The van der Waals surface area contributed by atoms with Gasteiger partial charge in [0, 0.05) is 38.9 Å². The van der Waals surface area contributed by atoms with Crippen LogP contribution in [-0.2, 0) is 0 Å². The predicted molar refractivity (Wildman–Crippen MR) is 163 cm³/mol. The van der Waals surface area contributed by atoms with Crippen LogP contribution in [0.1, 0.15) is 5.56 Å². The van der Waals surface area contributed by atoms with Crippen LogP contribution in [0.4, 0.5) is 0 Å². The molecular formula is C36H22N4. The highest BCUT2D eigenvalue weighted by molar-refractivity contribution is 6.10. The Morgan fingerprint density at radius 2 is 1.02 bits per heavy atom. The molecule has 4 nitrogen and oxygen atoms in total. The minimum absolute atomic E-state index is 0.613. The van der Waals surface area contributed by atoms with E-state index in [9.17, 15) is 5.26 Å². The minimum atomic E-state index is 0.613. The van der Waals surface area contributed by atoms with E-state index in [1.54, 1.807) is 0 Å². The Balaban J connectivity index is 1.42. The molecule has 186 valence electrons. The van der Waals surface area contributed by atoms with E-state index >= 15 is 0 Å². The van der Waals surface area contributed by atoms with Gasteiger partial charge in [0.25, 0.3) is 0 Å². The number of pyridine rings is 1. The Morgan fingerprint density at radius 1 is 0.525 bits per heavy atom. The van der Waals surface area contributed by atoms with Crippen LogP contribution in [0.5, 0.6) is 0 Å². The van der Waals surface area contributed by atoms with Gasteiger partial charge in [-0.1, -0.05) is 72.8 Å². The Hall–Kier alpha value is -5.66. The Morgan fingerprint density at radius 3 is 1.55 bits per heavy atom. The zero-order valence-corrected chi connectivity index (χ0v) is 21.5. The van der Waals surface area contributed by atoms with Gasteiger partial charge in [-0.2, -0.15) is 5.26 Å². The fourth-order valence-corrected chi connectivity index (χ4v) is 6.11. The quantitative estimate of drug-likeness (QED) is 0.238. The third-order valence-electron chi connectivity index (χ3n) is 7.82. The molecule has 3 heterocycles. The number of nitrogens with zero attached hydrogens (tertiary/aromatic N) is 4. The molecule has 0 bridgehead atoms. The molecule has 0 spiro atoms. The third-order valence-corrected chi connectivity index (χ3v) is 7.82. The van der Waals surface area contributed by atoms with E-state index in [-0.39, 0.29) is 0 Å². The average molecular weight is 511 g/mol. The molecule has 0 fully saturated rings. The molecule has 0 aliphatic heterocycles. The second-order valence-electron chi connectivity index (χ2n) is 10.0. The standard InChI is InChI=1S/C36H22N4/c37-21-24-17-18-36(40-34-15-7-3-11-29(34)30-12-4-8-16-35(30)40)31(19-24)25-20-26(23-38-22-25)39-32-13-5-1-9-27(32)28-10-2-6-14-33(28)39/h1-20,22-23H. The van der Waals surface area contributed by atoms with E-state index in [2.05, 4.69) is 124 Å². The van der Waals surface area contributed by atoms with Gasteiger partial charge < -0.3 is 9.13 Å². The van der Waals surface area contributed by atoms with Gasteiger partial charge >= 0.3 is 0 Å². The molecule has 8 rings (SSSR count). The summed E-state index contributed by atoms with van der Waals surface area (Å²) in [5.41, 5.74) is 9.04. The molecule has 0 aliphatic rings. The van der Waals surface area contributed by atoms with Crippen molar-refractivity contribution in [3.05, 3.63) is 139 Å². The number of fused-ring (bicyclic) bond motifs is 6. The van der Waals surface area contributed by atoms with Crippen molar-refractivity contribution >= 4 is 43.6 Å². The summed E-state index contributed by atoms with van der Waals surface area (Å²) in [5, 5.41) is 14.7. The zero-order chi connectivity index (χ0) is 26.6. The smallest absolute Gasteiger partial charge is 0.0991 e. The van der Waals surface area contributed by atoms with Gasteiger partial charge in [-0.3, -0.25) is 4.98 Å². The van der Waals surface area contributed by atoms with Crippen molar-refractivity contribution in [2.75, 3.05) is 0 Å². The molecule has 8 aromatic rings. The number of aromatic nitrogens is 3. The molecule has 0 unspecified atom stereocenters. The van der Waals surface area contributed by atoms with E-state index in [0.717, 1.165) is 44.6 Å². The SMILES string of the molecule is N#Cc1ccc(-n2c3ccccc3c3ccccc32)c(-c2cncc(-n3c4ccccc4c4ccccc43)c2)c1. The Labute approximate surface area is 230 Å². The van der Waals surface area contributed by atoms with Crippen LogP contribution in [0, 0.1) is 11.3 Å². The maximum absolute atomic E-state index is 9.84. The summed E-state index contributed by atoms with van der Waals surface area (Å²) in [6.07, 6.45) is 3.81. The van der Waals surface area contributed by atoms with Gasteiger partial charge in [0.15, 0.2) is 0 Å². The monoisotopic (exact) mass is 510 g/mol. The first-order chi connectivity index (χ1) is 19.8. The Bertz CT molecular complexity index is 2190. The molecule has 0 saturated heterocycles. The maximum Gasteiger partial charge on any atom is 0.0991 e. The van der Waals surface area contributed by atoms with E-state index in [1.807, 2.05) is 24.5 Å². The highest BCUT2D eigenvalue weighted by atomic mass is 15.0. The van der Waals surface area contributed by atoms with Crippen LogP contribution >= 0.6 is 0 Å². The minimum Gasteiger partial charge on any atom is -0.309 e. The van der Waals surface area contributed by atoms with Gasteiger partial charge in [-0.05, 0) is 48.5 Å². The second-order valence-corrected chi connectivity index (χ2v) is 10.0. The summed E-state index contributed by atoms with van der Waals surface area (Å²) in [6, 6.07) is 44.4. The summed E-state index contributed by atoms with van der Waals surface area (Å²) in [6.45, 7) is 0. The summed E-state index contributed by atoms with van der Waals surface area (Å²) in [4.78, 5) is 4.72. The maximum atomic E-state index is 9.84. The number of hydrogen-bond donors (Lipinski definition) is 0. The van der Waals surface area contributed by atoms with Crippen molar-refractivity contribution in [1.29, 1.82) is 5.26 Å². The van der Waals surface area contributed by atoms with E-state index in [4.69, 9.17) is 4.98 Å². The third kappa shape index (κ3) is 3.22. The lowest BCUT2D eigenvalue weighted by Crippen LogP contribution is -2.00.